The lowest BCUT2D eigenvalue weighted by Crippen LogP contribution is -2.11. The first-order valence-corrected chi connectivity index (χ1v) is 5.50. The summed E-state index contributed by atoms with van der Waals surface area (Å²) in [5.41, 5.74) is 3.56. The van der Waals surface area contributed by atoms with Gasteiger partial charge in [0, 0.05) is 17.8 Å². The molecule has 2 aromatic rings. The summed E-state index contributed by atoms with van der Waals surface area (Å²) in [6.07, 6.45) is 2.29. The first-order chi connectivity index (χ1) is 7.83. The van der Waals surface area contributed by atoms with Crippen LogP contribution in [-0.4, -0.2) is 16.7 Å². The maximum absolute atomic E-state index is 5.16. The fourth-order valence-corrected chi connectivity index (χ4v) is 2.02. The predicted octanol–water partition coefficient (Wildman–Crippen LogP) is 2.40. The quantitative estimate of drug-likeness (QED) is 0.793. The molecule has 4 nitrogen and oxygen atoms in total. The number of rotatable bonds is 1. The number of aromatic nitrogens is 2. The molecule has 16 heavy (non-hydrogen) atoms. The molecule has 1 aliphatic rings. The molecule has 0 saturated heterocycles. The van der Waals surface area contributed by atoms with Crippen LogP contribution in [0.4, 0.5) is 5.69 Å². The highest BCUT2D eigenvalue weighted by atomic mass is 16.5. The highest BCUT2D eigenvalue weighted by Gasteiger charge is 2.12. The lowest BCUT2D eigenvalue weighted by molar-refractivity contribution is 0.425. The third kappa shape index (κ3) is 1.56. The molecular formula is C12H13N3O. The van der Waals surface area contributed by atoms with Gasteiger partial charge >= 0.3 is 0 Å². The molecule has 4 heteroatoms. The standard InChI is InChI=1S/C12H13N3O/c1-8-14-12(16-15-8)10-4-5-11-9(7-10)3-2-6-13-11/h4-5,7,13H,2-3,6H2,1H3. The Morgan fingerprint density at radius 3 is 3.12 bits per heavy atom. The zero-order valence-electron chi connectivity index (χ0n) is 9.16. The first kappa shape index (κ1) is 9.39. The average molecular weight is 215 g/mol. The SMILES string of the molecule is Cc1noc(-c2ccc3c(c2)CCCN3)n1. The topological polar surface area (TPSA) is 51.0 Å². The van der Waals surface area contributed by atoms with E-state index in [0.717, 1.165) is 18.5 Å². The molecule has 0 atom stereocenters. The minimum atomic E-state index is 0.603. The molecule has 0 bridgehead atoms. The van der Waals surface area contributed by atoms with Gasteiger partial charge in [-0.1, -0.05) is 5.16 Å². The maximum atomic E-state index is 5.16. The number of hydrogen-bond donors (Lipinski definition) is 1. The van der Waals surface area contributed by atoms with Gasteiger partial charge in [0.25, 0.3) is 5.89 Å². The summed E-state index contributed by atoms with van der Waals surface area (Å²) < 4.78 is 5.16. The largest absolute Gasteiger partial charge is 0.385 e. The van der Waals surface area contributed by atoms with E-state index in [1.54, 1.807) is 0 Å². The van der Waals surface area contributed by atoms with Crippen molar-refractivity contribution in [2.45, 2.75) is 19.8 Å². The van der Waals surface area contributed by atoms with Crippen LogP contribution < -0.4 is 5.32 Å². The molecule has 82 valence electrons. The lowest BCUT2D eigenvalue weighted by atomic mass is 10.0. The van der Waals surface area contributed by atoms with Crippen LogP contribution in [0.25, 0.3) is 11.5 Å². The Labute approximate surface area is 93.7 Å². The molecule has 0 unspecified atom stereocenters. The van der Waals surface area contributed by atoms with Gasteiger partial charge in [0.15, 0.2) is 5.82 Å². The van der Waals surface area contributed by atoms with Gasteiger partial charge in [0.2, 0.25) is 0 Å². The van der Waals surface area contributed by atoms with Crippen molar-refractivity contribution >= 4 is 5.69 Å². The third-order valence-electron chi connectivity index (χ3n) is 2.82. The van der Waals surface area contributed by atoms with Crippen molar-refractivity contribution in [2.75, 3.05) is 11.9 Å². The number of fused-ring (bicyclic) bond motifs is 1. The molecule has 3 rings (SSSR count). The monoisotopic (exact) mass is 215 g/mol. The van der Waals surface area contributed by atoms with Gasteiger partial charge in [-0.15, -0.1) is 0 Å². The zero-order chi connectivity index (χ0) is 11.0. The van der Waals surface area contributed by atoms with Crippen LogP contribution in [0.3, 0.4) is 0 Å². The molecule has 1 aliphatic heterocycles. The van der Waals surface area contributed by atoms with E-state index in [9.17, 15) is 0 Å². The Kier molecular flexibility index (Phi) is 2.13. The maximum Gasteiger partial charge on any atom is 0.257 e. The first-order valence-electron chi connectivity index (χ1n) is 5.50. The number of anilines is 1. The van der Waals surface area contributed by atoms with Gasteiger partial charge in [-0.3, -0.25) is 0 Å². The third-order valence-corrected chi connectivity index (χ3v) is 2.82. The number of benzene rings is 1. The number of aryl methyl sites for hydroxylation is 2. The van der Waals surface area contributed by atoms with Gasteiger partial charge in [-0.05, 0) is 43.5 Å². The van der Waals surface area contributed by atoms with Crippen LogP contribution in [0.2, 0.25) is 0 Å². The molecule has 0 fully saturated rings. The van der Waals surface area contributed by atoms with Crippen LogP contribution in [0.5, 0.6) is 0 Å². The van der Waals surface area contributed by atoms with Crippen molar-refractivity contribution < 1.29 is 4.52 Å². The normalized spacial score (nSPS) is 14.3. The molecule has 0 radical (unpaired) electrons. The zero-order valence-corrected chi connectivity index (χ0v) is 9.16. The number of nitrogens with zero attached hydrogens (tertiary/aromatic N) is 2. The predicted molar refractivity (Wildman–Crippen MR) is 61.3 cm³/mol. The summed E-state index contributed by atoms with van der Waals surface area (Å²) in [5, 5.41) is 7.18. The molecule has 1 aromatic heterocycles. The molecule has 0 aliphatic carbocycles. The van der Waals surface area contributed by atoms with Gasteiger partial charge in [-0.25, -0.2) is 0 Å². The van der Waals surface area contributed by atoms with E-state index in [-0.39, 0.29) is 0 Å². The second-order valence-corrected chi connectivity index (χ2v) is 4.05. The van der Waals surface area contributed by atoms with Gasteiger partial charge in [0.05, 0.1) is 0 Å². The summed E-state index contributed by atoms with van der Waals surface area (Å²) in [6, 6.07) is 6.24. The Balaban J connectivity index is 2.02. The van der Waals surface area contributed by atoms with Crippen LogP contribution in [-0.2, 0) is 6.42 Å². The highest BCUT2D eigenvalue weighted by molar-refractivity contribution is 5.63. The van der Waals surface area contributed by atoms with E-state index in [4.69, 9.17) is 4.52 Å². The summed E-state index contributed by atoms with van der Waals surface area (Å²) >= 11 is 0. The summed E-state index contributed by atoms with van der Waals surface area (Å²) in [7, 11) is 0. The smallest absolute Gasteiger partial charge is 0.257 e. The van der Waals surface area contributed by atoms with Crippen LogP contribution in [0.1, 0.15) is 17.8 Å². The molecule has 0 amide bonds. The molecule has 1 aromatic carbocycles. The van der Waals surface area contributed by atoms with E-state index in [0.29, 0.717) is 11.7 Å². The van der Waals surface area contributed by atoms with Crippen molar-refractivity contribution in [2.24, 2.45) is 0 Å². The van der Waals surface area contributed by atoms with Gasteiger partial charge in [-0.2, -0.15) is 4.98 Å². The minimum absolute atomic E-state index is 0.603. The Morgan fingerprint density at radius 2 is 2.31 bits per heavy atom. The second kappa shape index (κ2) is 3.63. The van der Waals surface area contributed by atoms with Crippen molar-refractivity contribution in [1.29, 1.82) is 0 Å². The van der Waals surface area contributed by atoms with E-state index < -0.39 is 0 Å². The second-order valence-electron chi connectivity index (χ2n) is 4.05. The van der Waals surface area contributed by atoms with Crippen molar-refractivity contribution in [3.05, 3.63) is 29.6 Å². The van der Waals surface area contributed by atoms with E-state index in [1.165, 1.54) is 17.7 Å². The number of hydrogen-bond acceptors (Lipinski definition) is 4. The van der Waals surface area contributed by atoms with Gasteiger partial charge < -0.3 is 9.84 Å². The molecule has 0 saturated carbocycles. The molecule has 2 heterocycles. The van der Waals surface area contributed by atoms with E-state index >= 15 is 0 Å². The molecule has 1 N–H and O–H groups in total. The Hall–Kier alpha value is -1.84. The highest BCUT2D eigenvalue weighted by Crippen LogP contribution is 2.27. The summed E-state index contributed by atoms with van der Waals surface area (Å²) in [4.78, 5) is 4.23. The Morgan fingerprint density at radius 1 is 1.38 bits per heavy atom. The van der Waals surface area contributed by atoms with Crippen molar-refractivity contribution in [1.82, 2.24) is 10.1 Å². The fourth-order valence-electron chi connectivity index (χ4n) is 2.02. The summed E-state index contributed by atoms with van der Waals surface area (Å²) in [5.74, 6) is 1.27. The van der Waals surface area contributed by atoms with Gasteiger partial charge in [0.1, 0.15) is 0 Å². The minimum Gasteiger partial charge on any atom is -0.385 e. The average Bonchev–Trinajstić information content (AvgIpc) is 2.75. The van der Waals surface area contributed by atoms with Crippen molar-refractivity contribution in [3.63, 3.8) is 0 Å². The lowest BCUT2D eigenvalue weighted by Gasteiger charge is -2.17. The fraction of sp³-hybridized carbons (Fsp3) is 0.333. The summed E-state index contributed by atoms with van der Waals surface area (Å²) in [6.45, 7) is 2.89. The van der Waals surface area contributed by atoms with Crippen molar-refractivity contribution in [3.8, 4) is 11.5 Å². The van der Waals surface area contributed by atoms with Crippen LogP contribution >= 0.6 is 0 Å². The Bertz CT molecular complexity index is 519. The molecule has 0 spiro atoms. The van der Waals surface area contributed by atoms with E-state index in [2.05, 4.69) is 27.6 Å². The van der Waals surface area contributed by atoms with E-state index in [1.807, 2.05) is 13.0 Å². The molecular weight excluding hydrogens is 202 g/mol. The van der Waals surface area contributed by atoms with Crippen LogP contribution in [0.15, 0.2) is 22.7 Å². The number of nitrogens with one attached hydrogen (secondary N) is 1. The van der Waals surface area contributed by atoms with Crippen LogP contribution in [0, 0.1) is 6.92 Å².